The summed E-state index contributed by atoms with van der Waals surface area (Å²) < 4.78 is 27.1. The van der Waals surface area contributed by atoms with Gasteiger partial charge in [-0.05, 0) is 43.2 Å². The fourth-order valence-corrected chi connectivity index (χ4v) is 3.52. The fraction of sp³-hybridized carbons (Fsp3) is 0.214. The quantitative estimate of drug-likeness (QED) is 0.846. The Kier molecular flexibility index (Phi) is 5.22. The molecule has 0 amide bonds. The first-order chi connectivity index (χ1) is 9.87. The van der Waals surface area contributed by atoms with Crippen LogP contribution in [0.3, 0.4) is 0 Å². The predicted octanol–water partition coefficient (Wildman–Crippen LogP) is 3.30. The van der Waals surface area contributed by atoms with E-state index in [1.807, 2.05) is 12.1 Å². The Morgan fingerprint density at radius 1 is 1.19 bits per heavy atom. The summed E-state index contributed by atoms with van der Waals surface area (Å²) in [5.74, 6) is 0. The van der Waals surface area contributed by atoms with Gasteiger partial charge in [-0.1, -0.05) is 35.3 Å². The van der Waals surface area contributed by atoms with Crippen LogP contribution < -0.4 is 4.72 Å². The van der Waals surface area contributed by atoms with Crippen molar-refractivity contribution in [2.24, 2.45) is 0 Å². The third-order valence-corrected chi connectivity index (χ3v) is 4.87. The van der Waals surface area contributed by atoms with E-state index in [1.54, 1.807) is 19.1 Å². The average molecular weight is 345 g/mol. The highest BCUT2D eigenvalue weighted by Crippen LogP contribution is 2.15. The maximum Gasteiger partial charge on any atom is 0.240 e. The molecule has 0 aliphatic rings. The minimum absolute atomic E-state index is 0.102. The average Bonchev–Trinajstić information content (AvgIpc) is 2.41. The molecule has 0 radical (unpaired) electrons. The van der Waals surface area contributed by atoms with Crippen LogP contribution in [0.2, 0.25) is 10.2 Å². The Morgan fingerprint density at radius 2 is 1.86 bits per heavy atom. The first-order valence-electron chi connectivity index (χ1n) is 6.25. The van der Waals surface area contributed by atoms with Gasteiger partial charge in [-0.15, -0.1) is 0 Å². The molecule has 0 saturated heterocycles. The van der Waals surface area contributed by atoms with E-state index >= 15 is 0 Å². The minimum atomic E-state index is -3.61. The third kappa shape index (κ3) is 4.68. The maximum absolute atomic E-state index is 12.2. The van der Waals surface area contributed by atoms with Crippen molar-refractivity contribution in [1.29, 1.82) is 0 Å². The highest BCUT2D eigenvalue weighted by atomic mass is 35.5. The zero-order valence-electron chi connectivity index (χ0n) is 11.3. The molecule has 0 fully saturated rings. The standard InChI is InChI=1S/C14H14Cl2N2O2S/c1-10(8-11-2-4-12(15)5-3-11)18-21(19,20)13-6-7-17-14(16)9-13/h2-7,9-10,18H,8H2,1H3. The summed E-state index contributed by atoms with van der Waals surface area (Å²) in [5.41, 5.74) is 1.00. The van der Waals surface area contributed by atoms with Crippen LogP contribution in [0.15, 0.2) is 47.5 Å². The molecular weight excluding hydrogens is 331 g/mol. The molecular formula is C14H14Cl2N2O2S. The van der Waals surface area contributed by atoms with Crippen LogP contribution in [-0.2, 0) is 16.4 Å². The van der Waals surface area contributed by atoms with E-state index in [1.165, 1.54) is 18.3 Å². The number of aromatic nitrogens is 1. The summed E-state index contributed by atoms with van der Waals surface area (Å²) in [7, 11) is -3.61. The second-order valence-electron chi connectivity index (χ2n) is 4.67. The highest BCUT2D eigenvalue weighted by Gasteiger charge is 2.18. The Labute approximate surface area is 134 Å². The Bertz CT molecular complexity index is 718. The molecule has 0 bridgehead atoms. The van der Waals surface area contributed by atoms with Crippen molar-refractivity contribution in [2.45, 2.75) is 24.3 Å². The summed E-state index contributed by atoms with van der Waals surface area (Å²) in [6.07, 6.45) is 1.93. The smallest absolute Gasteiger partial charge is 0.240 e. The monoisotopic (exact) mass is 344 g/mol. The highest BCUT2D eigenvalue weighted by molar-refractivity contribution is 7.89. The molecule has 1 atom stereocenters. The number of halogens is 2. The number of hydrogen-bond donors (Lipinski definition) is 1. The van der Waals surface area contributed by atoms with Gasteiger partial charge in [0.2, 0.25) is 10.0 Å². The van der Waals surface area contributed by atoms with E-state index in [2.05, 4.69) is 9.71 Å². The van der Waals surface area contributed by atoms with E-state index in [0.29, 0.717) is 11.4 Å². The van der Waals surface area contributed by atoms with Crippen LogP contribution in [0.5, 0.6) is 0 Å². The summed E-state index contributed by atoms with van der Waals surface area (Å²) >= 11 is 11.5. The maximum atomic E-state index is 12.2. The molecule has 2 rings (SSSR count). The molecule has 1 heterocycles. The molecule has 0 aliphatic heterocycles. The topological polar surface area (TPSA) is 59.1 Å². The summed E-state index contributed by atoms with van der Waals surface area (Å²) in [6.45, 7) is 1.80. The Morgan fingerprint density at radius 3 is 2.48 bits per heavy atom. The van der Waals surface area contributed by atoms with Gasteiger partial charge >= 0.3 is 0 Å². The van der Waals surface area contributed by atoms with Gasteiger partial charge in [-0.2, -0.15) is 0 Å². The van der Waals surface area contributed by atoms with Crippen molar-refractivity contribution in [3.63, 3.8) is 0 Å². The van der Waals surface area contributed by atoms with Crippen molar-refractivity contribution >= 4 is 33.2 Å². The van der Waals surface area contributed by atoms with E-state index in [0.717, 1.165) is 5.56 Å². The first-order valence-corrected chi connectivity index (χ1v) is 8.49. The summed E-state index contributed by atoms with van der Waals surface area (Å²) in [6, 6.07) is 9.76. The van der Waals surface area contributed by atoms with Crippen LogP contribution in [-0.4, -0.2) is 19.4 Å². The van der Waals surface area contributed by atoms with Crippen molar-refractivity contribution < 1.29 is 8.42 Å². The number of benzene rings is 1. The zero-order valence-corrected chi connectivity index (χ0v) is 13.6. The number of sulfonamides is 1. The van der Waals surface area contributed by atoms with Crippen LogP contribution in [0, 0.1) is 0 Å². The second-order valence-corrected chi connectivity index (χ2v) is 7.20. The van der Waals surface area contributed by atoms with Gasteiger partial charge in [0.25, 0.3) is 0 Å². The number of nitrogens with zero attached hydrogens (tertiary/aromatic N) is 1. The molecule has 1 aromatic carbocycles. The molecule has 1 aromatic heterocycles. The van der Waals surface area contributed by atoms with Gasteiger partial charge in [0.15, 0.2) is 0 Å². The van der Waals surface area contributed by atoms with Crippen LogP contribution in [0.4, 0.5) is 0 Å². The van der Waals surface area contributed by atoms with Gasteiger partial charge in [0.1, 0.15) is 5.15 Å². The lowest BCUT2D eigenvalue weighted by Crippen LogP contribution is -2.34. The zero-order chi connectivity index (χ0) is 15.5. The Balaban J connectivity index is 2.07. The molecule has 4 nitrogen and oxygen atoms in total. The lowest BCUT2D eigenvalue weighted by molar-refractivity contribution is 0.559. The molecule has 0 saturated carbocycles. The lowest BCUT2D eigenvalue weighted by Gasteiger charge is -2.14. The van der Waals surface area contributed by atoms with E-state index in [4.69, 9.17) is 23.2 Å². The fourth-order valence-electron chi connectivity index (χ4n) is 1.90. The van der Waals surface area contributed by atoms with E-state index in [-0.39, 0.29) is 16.1 Å². The van der Waals surface area contributed by atoms with Crippen LogP contribution in [0.25, 0.3) is 0 Å². The molecule has 0 aliphatic carbocycles. The van der Waals surface area contributed by atoms with Crippen LogP contribution in [0.1, 0.15) is 12.5 Å². The number of hydrogen-bond acceptors (Lipinski definition) is 3. The van der Waals surface area contributed by atoms with Crippen molar-refractivity contribution in [2.75, 3.05) is 0 Å². The Hall–Kier alpha value is -1.14. The van der Waals surface area contributed by atoms with Gasteiger partial charge in [-0.25, -0.2) is 18.1 Å². The van der Waals surface area contributed by atoms with Gasteiger partial charge in [0, 0.05) is 17.3 Å². The lowest BCUT2D eigenvalue weighted by atomic mass is 10.1. The molecule has 1 unspecified atom stereocenters. The number of pyridine rings is 1. The van der Waals surface area contributed by atoms with Gasteiger partial charge in [0.05, 0.1) is 4.90 Å². The van der Waals surface area contributed by atoms with Crippen LogP contribution >= 0.6 is 23.2 Å². The minimum Gasteiger partial charge on any atom is -0.244 e. The molecule has 112 valence electrons. The van der Waals surface area contributed by atoms with E-state index in [9.17, 15) is 8.42 Å². The second kappa shape index (κ2) is 6.75. The molecule has 2 aromatic rings. The summed E-state index contributed by atoms with van der Waals surface area (Å²) in [5, 5.41) is 0.793. The van der Waals surface area contributed by atoms with Gasteiger partial charge < -0.3 is 0 Å². The largest absolute Gasteiger partial charge is 0.244 e. The number of nitrogens with one attached hydrogen (secondary N) is 1. The van der Waals surface area contributed by atoms with Crippen molar-refractivity contribution in [3.8, 4) is 0 Å². The van der Waals surface area contributed by atoms with Crippen molar-refractivity contribution in [3.05, 3.63) is 58.3 Å². The van der Waals surface area contributed by atoms with E-state index < -0.39 is 10.0 Å². The third-order valence-electron chi connectivity index (χ3n) is 2.82. The van der Waals surface area contributed by atoms with Crippen molar-refractivity contribution in [1.82, 2.24) is 9.71 Å². The molecule has 0 spiro atoms. The molecule has 21 heavy (non-hydrogen) atoms. The first kappa shape index (κ1) is 16.2. The summed E-state index contributed by atoms with van der Waals surface area (Å²) in [4.78, 5) is 3.87. The van der Waals surface area contributed by atoms with Gasteiger partial charge in [-0.3, -0.25) is 0 Å². The normalized spacial score (nSPS) is 13.1. The number of rotatable bonds is 5. The molecule has 1 N–H and O–H groups in total. The predicted molar refractivity (Wildman–Crippen MR) is 84.2 cm³/mol. The molecule has 7 heteroatoms. The SMILES string of the molecule is CC(Cc1ccc(Cl)cc1)NS(=O)(=O)c1ccnc(Cl)c1.